The Kier molecular flexibility index (Phi) is 2.21. The minimum atomic E-state index is -4.90. The lowest BCUT2D eigenvalue weighted by Gasteiger charge is -2.28. The number of aliphatic hydroxyl groups excluding tert-OH is 1. The Hall–Kier alpha value is 0.220. The van der Waals surface area contributed by atoms with Crippen LogP contribution in [-0.2, 0) is 22.5 Å². The highest BCUT2D eigenvalue weighted by Gasteiger charge is 2.48. The molecule has 0 radical (unpaired) electrons. The van der Waals surface area contributed by atoms with Crippen molar-refractivity contribution in [1.29, 1.82) is 0 Å². The number of phosphoric ester groups is 1. The van der Waals surface area contributed by atoms with Crippen LogP contribution in [0.25, 0.3) is 0 Å². The highest BCUT2D eigenvalue weighted by atomic mass is 31.3. The molecule has 0 spiro atoms. The zero-order valence-electron chi connectivity index (χ0n) is 4.85. The molecule has 10 heteroatoms. The van der Waals surface area contributed by atoms with Crippen LogP contribution in [0.15, 0.2) is 0 Å². The minimum Gasteiger partial charge on any atom is -0.345 e. The summed E-state index contributed by atoms with van der Waals surface area (Å²) in [7, 11) is -9.09. The molecule has 0 aromatic carbocycles. The maximum atomic E-state index is 10.6. The SMILES string of the molecule is O=P(O)(O)OP1(=O)OC(O)O1. The van der Waals surface area contributed by atoms with Gasteiger partial charge in [0.2, 0.25) is 0 Å². The van der Waals surface area contributed by atoms with Gasteiger partial charge in [0, 0.05) is 0 Å². The summed E-state index contributed by atoms with van der Waals surface area (Å²) in [6.07, 6.45) is 0. The molecule has 0 atom stereocenters. The molecule has 66 valence electrons. The molecule has 1 heterocycles. The minimum absolute atomic E-state index is 1.74. The average Bonchev–Trinajstić information content (AvgIpc) is 1.53. The lowest BCUT2D eigenvalue weighted by Crippen LogP contribution is -2.25. The fraction of sp³-hybridized carbons (Fsp3) is 1.00. The zero-order valence-corrected chi connectivity index (χ0v) is 6.64. The lowest BCUT2D eigenvalue weighted by atomic mass is 11.4. The third-order valence-corrected chi connectivity index (χ3v) is 3.17. The first-order chi connectivity index (χ1) is 4.81. The molecule has 1 rings (SSSR count). The monoisotopic (exact) mass is 206 g/mol. The van der Waals surface area contributed by atoms with E-state index < -0.39 is 22.1 Å². The molecule has 0 aromatic heterocycles. The number of aliphatic hydroxyl groups is 1. The molecule has 0 aliphatic carbocycles. The van der Waals surface area contributed by atoms with Crippen molar-refractivity contribution in [3.63, 3.8) is 0 Å². The summed E-state index contributed by atoms with van der Waals surface area (Å²) in [6, 6.07) is 0. The normalized spacial score (nSPS) is 38.3. The Labute approximate surface area is 60.6 Å². The molecule has 1 aliphatic rings. The van der Waals surface area contributed by atoms with Crippen molar-refractivity contribution >= 4 is 15.6 Å². The molecule has 0 unspecified atom stereocenters. The van der Waals surface area contributed by atoms with Gasteiger partial charge in [-0.15, -0.1) is 0 Å². The van der Waals surface area contributed by atoms with E-state index in [0.29, 0.717) is 0 Å². The van der Waals surface area contributed by atoms with Gasteiger partial charge in [0.1, 0.15) is 0 Å². The summed E-state index contributed by atoms with van der Waals surface area (Å²) in [4.78, 5) is 16.2. The molecule has 0 amide bonds. The van der Waals surface area contributed by atoms with Crippen molar-refractivity contribution in [3.8, 4) is 0 Å². The van der Waals surface area contributed by atoms with Gasteiger partial charge in [-0.2, -0.15) is 4.31 Å². The van der Waals surface area contributed by atoms with Crippen LogP contribution in [0, 0.1) is 0 Å². The predicted molar refractivity (Wildman–Crippen MR) is 28.9 cm³/mol. The first kappa shape index (κ1) is 9.31. The lowest BCUT2D eigenvalue weighted by molar-refractivity contribution is -0.242. The molecule has 3 N–H and O–H groups in total. The predicted octanol–water partition coefficient (Wildman–Crippen LogP) is -0.474. The summed E-state index contributed by atoms with van der Waals surface area (Å²) in [5.41, 5.74) is 0. The van der Waals surface area contributed by atoms with Gasteiger partial charge >= 0.3 is 15.6 Å². The maximum absolute atomic E-state index is 10.6. The van der Waals surface area contributed by atoms with E-state index in [4.69, 9.17) is 14.9 Å². The Balaban J connectivity index is 2.52. The Bertz CT molecular complexity index is 228. The van der Waals surface area contributed by atoms with E-state index in [1.165, 1.54) is 0 Å². The van der Waals surface area contributed by atoms with E-state index >= 15 is 0 Å². The van der Waals surface area contributed by atoms with Crippen molar-refractivity contribution in [2.24, 2.45) is 0 Å². The molecule has 0 aromatic rings. The summed E-state index contributed by atoms with van der Waals surface area (Å²) in [5.74, 6) is 0. The fourth-order valence-electron chi connectivity index (χ4n) is 0.398. The van der Waals surface area contributed by atoms with E-state index in [1.807, 2.05) is 0 Å². The topological polar surface area (TPSA) is 123 Å². The van der Waals surface area contributed by atoms with Crippen LogP contribution in [0.1, 0.15) is 0 Å². The quantitative estimate of drug-likeness (QED) is 0.518. The number of rotatable bonds is 2. The Morgan fingerprint density at radius 1 is 1.45 bits per heavy atom. The molecular formula is CH4O8P2. The second-order valence-corrected chi connectivity index (χ2v) is 4.49. The van der Waals surface area contributed by atoms with Gasteiger partial charge < -0.3 is 14.9 Å². The molecular weight excluding hydrogens is 202 g/mol. The largest absolute Gasteiger partial charge is 0.492 e. The summed E-state index contributed by atoms with van der Waals surface area (Å²) in [6.45, 7) is -1.74. The fourth-order valence-corrected chi connectivity index (χ4v) is 2.21. The summed E-state index contributed by atoms with van der Waals surface area (Å²) >= 11 is 0. The summed E-state index contributed by atoms with van der Waals surface area (Å²) < 4.78 is 31.9. The van der Waals surface area contributed by atoms with E-state index in [0.717, 1.165) is 0 Å². The highest BCUT2D eigenvalue weighted by Crippen LogP contribution is 2.67. The van der Waals surface area contributed by atoms with Crippen LogP contribution < -0.4 is 0 Å². The van der Waals surface area contributed by atoms with Gasteiger partial charge in [0.25, 0.3) is 6.48 Å². The van der Waals surface area contributed by atoms with Crippen LogP contribution in [0.2, 0.25) is 0 Å². The molecule has 0 bridgehead atoms. The first-order valence-electron chi connectivity index (χ1n) is 2.23. The molecule has 1 saturated heterocycles. The molecule has 1 aliphatic heterocycles. The molecule has 8 nitrogen and oxygen atoms in total. The number of hydrogen-bond acceptors (Lipinski definition) is 6. The van der Waals surface area contributed by atoms with Crippen LogP contribution in [0.4, 0.5) is 0 Å². The van der Waals surface area contributed by atoms with Crippen LogP contribution in [0.5, 0.6) is 0 Å². The molecule has 11 heavy (non-hydrogen) atoms. The van der Waals surface area contributed by atoms with Crippen LogP contribution >= 0.6 is 15.6 Å². The van der Waals surface area contributed by atoms with Crippen molar-refractivity contribution in [2.75, 3.05) is 0 Å². The average molecular weight is 206 g/mol. The standard InChI is InChI=1S/CH4O8P2/c2-1-7-11(6,8-1)9-10(3,4)5/h1-2H,(H2,3,4,5). The molecule has 1 fully saturated rings. The first-order valence-corrected chi connectivity index (χ1v) is 5.22. The van der Waals surface area contributed by atoms with Gasteiger partial charge in [-0.25, -0.2) is 18.2 Å². The Morgan fingerprint density at radius 3 is 2.18 bits per heavy atom. The number of phosphoric acid groups is 2. The summed E-state index contributed by atoms with van der Waals surface area (Å²) in [5, 5.41) is 8.23. The number of hydrogen-bond donors (Lipinski definition) is 3. The third kappa shape index (κ3) is 2.62. The van der Waals surface area contributed by atoms with E-state index in [1.54, 1.807) is 0 Å². The third-order valence-electron chi connectivity index (χ3n) is 0.645. The van der Waals surface area contributed by atoms with Crippen molar-refractivity contribution < 1.29 is 37.4 Å². The van der Waals surface area contributed by atoms with Gasteiger partial charge in [-0.1, -0.05) is 0 Å². The van der Waals surface area contributed by atoms with E-state index in [9.17, 15) is 9.13 Å². The van der Waals surface area contributed by atoms with Crippen LogP contribution in [0.3, 0.4) is 0 Å². The molecule has 0 saturated carbocycles. The van der Waals surface area contributed by atoms with Gasteiger partial charge in [-0.3, -0.25) is 0 Å². The van der Waals surface area contributed by atoms with Gasteiger partial charge in [0.15, 0.2) is 0 Å². The van der Waals surface area contributed by atoms with E-state index in [-0.39, 0.29) is 0 Å². The smallest absolute Gasteiger partial charge is 0.345 e. The van der Waals surface area contributed by atoms with Crippen LogP contribution in [-0.4, -0.2) is 21.4 Å². The second kappa shape index (κ2) is 2.62. The Morgan fingerprint density at radius 2 is 1.91 bits per heavy atom. The van der Waals surface area contributed by atoms with Gasteiger partial charge in [-0.05, 0) is 0 Å². The van der Waals surface area contributed by atoms with E-state index in [2.05, 4.69) is 13.4 Å². The van der Waals surface area contributed by atoms with Crippen molar-refractivity contribution in [2.45, 2.75) is 6.48 Å². The van der Waals surface area contributed by atoms with Crippen molar-refractivity contribution in [3.05, 3.63) is 0 Å². The van der Waals surface area contributed by atoms with Gasteiger partial charge in [0.05, 0.1) is 0 Å². The second-order valence-electron chi connectivity index (χ2n) is 1.54. The van der Waals surface area contributed by atoms with Crippen molar-refractivity contribution in [1.82, 2.24) is 0 Å². The zero-order chi connectivity index (χ0) is 8.70. The highest BCUT2D eigenvalue weighted by molar-refractivity contribution is 7.61. The maximum Gasteiger partial charge on any atom is 0.492 e.